The third kappa shape index (κ3) is 3.33. The summed E-state index contributed by atoms with van der Waals surface area (Å²) in [5, 5.41) is 4.91. The lowest BCUT2D eigenvalue weighted by Crippen LogP contribution is -2.38. The fourth-order valence-electron chi connectivity index (χ4n) is 1.51. The van der Waals surface area contributed by atoms with Crippen molar-refractivity contribution in [3.8, 4) is 0 Å². The molecule has 6 heteroatoms. The summed E-state index contributed by atoms with van der Waals surface area (Å²) in [6.07, 6.45) is 1.68. The number of aromatic nitrogens is 1. The van der Waals surface area contributed by atoms with Crippen molar-refractivity contribution in [2.75, 3.05) is 50.4 Å². The van der Waals surface area contributed by atoms with Crippen LogP contribution in [-0.2, 0) is 4.74 Å². The highest BCUT2D eigenvalue weighted by atomic mass is 32.1. The maximum atomic E-state index is 5.58. The second-order valence-electron chi connectivity index (χ2n) is 3.45. The zero-order valence-electron chi connectivity index (χ0n) is 8.61. The number of hydrogen-bond acceptors (Lipinski definition) is 6. The van der Waals surface area contributed by atoms with E-state index in [9.17, 15) is 0 Å². The van der Waals surface area contributed by atoms with Gasteiger partial charge in [-0.3, -0.25) is 4.90 Å². The summed E-state index contributed by atoms with van der Waals surface area (Å²) in [5.74, 6) is 0. The Balaban J connectivity index is 1.65. The molecule has 0 spiro atoms. The Morgan fingerprint density at radius 1 is 1.53 bits per heavy atom. The average molecular weight is 228 g/mol. The largest absolute Gasteiger partial charge is 0.389 e. The predicted molar refractivity (Wildman–Crippen MR) is 62.3 cm³/mol. The van der Waals surface area contributed by atoms with E-state index >= 15 is 0 Å². The van der Waals surface area contributed by atoms with Crippen molar-refractivity contribution in [3.63, 3.8) is 0 Å². The van der Waals surface area contributed by atoms with E-state index in [1.165, 1.54) is 11.3 Å². The highest BCUT2D eigenvalue weighted by Crippen LogP contribution is 2.18. The van der Waals surface area contributed by atoms with Crippen LogP contribution in [0.15, 0.2) is 6.20 Å². The van der Waals surface area contributed by atoms with Crippen LogP contribution in [0.1, 0.15) is 0 Å². The van der Waals surface area contributed by atoms with Gasteiger partial charge < -0.3 is 15.8 Å². The van der Waals surface area contributed by atoms with Crippen LogP contribution in [0.3, 0.4) is 0 Å². The Bertz CT molecular complexity index is 298. The first-order valence-corrected chi connectivity index (χ1v) is 5.91. The lowest BCUT2D eigenvalue weighted by atomic mass is 10.4. The molecule has 0 bridgehead atoms. The van der Waals surface area contributed by atoms with Gasteiger partial charge in [0.25, 0.3) is 0 Å². The van der Waals surface area contributed by atoms with Crippen molar-refractivity contribution >= 4 is 21.5 Å². The van der Waals surface area contributed by atoms with Crippen LogP contribution in [0.2, 0.25) is 0 Å². The Hall–Kier alpha value is -0.850. The highest BCUT2D eigenvalue weighted by molar-refractivity contribution is 7.19. The molecule has 5 nitrogen and oxygen atoms in total. The van der Waals surface area contributed by atoms with Crippen LogP contribution < -0.4 is 11.1 Å². The molecule has 0 aromatic carbocycles. The highest BCUT2D eigenvalue weighted by Gasteiger charge is 2.09. The maximum absolute atomic E-state index is 5.58. The number of ether oxygens (including phenoxy) is 1. The van der Waals surface area contributed by atoms with Gasteiger partial charge in [-0.1, -0.05) is 11.3 Å². The third-order valence-electron chi connectivity index (χ3n) is 2.33. The van der Waals surface area contributed by atoms with Crippen LogP contribution in [0.25, 0.3) is 0 Å². The number of thiazole rings is 1. The fraction of sp³-hybridized carbons (Fsp3) is 0.667. The molecule has 1 aromatic heterocycles. The van der Waals surface area contributed by atoms with E-state index in [1.807, 2.05) is 0 Å². The molecule has 2 rings (SSSR count). The summed E-state index contributed by atoms with van der Waals surface area (Å²) in [4.78, 5) is 6.52. The van der Waals surface area contributed by atoms with Gasteiger partial charge in [-0.25, -0.2) is 4.98 Å². The van der Waals surface area contributed by atoms with E-state index in [1.54, 1.807) is 6.20 Å². The Kier molecular flexibility index (Phi) is 3.76. The van der Waals surface area contributed by atoms with Gasteiger partial charge in [0, 0.05) is 26.2 Å². The maximum Gasteiger partial charge on any atom is 0.184 e. The van der Waals surface area contributed by atoms with E-state index in [0.717, 1.165) is 49.5 Å². The van der Waals surface area contributed by atoms with Crippen molar-refractivity contribution in [2.24, 2.45) is 0 Å². The minimum absolute atomic E-state index is 0.754. The molecular weight excluding hydrogens is 212 g/mol. The van der Waals surface area contributed by atoms with Crippen LogP contribution in [-0.4, -0.2) is 49.3 Å². The topological polar surface area (TPSA) is 63.4 Å². The smallest absolute Gasteiger partial charge is 0.184 e. The molecule has 1 aliphatic heterocycles. The number of nitrogens with one attached hydrogen (secondary N) is 1. The van der Waals surface area contributed by atoms with Crippen molar-refractivity contribution < 1.29 is 4.74 Å². The monoisotopic (exact) mass is 228 g/mol. The average Bonchev–Trinajstić information content (AvgIpc) is 2.66. The van der Waals surface area contributed by atoms with E-state index in [-0.39, 0.29) is 0 Å². The van der Waals surface area contributed by atoms with Crippen LogP contribution in [0.5, 0.6) is 0 Å². The first-order valence-electron chi connectivity index (χ1n) is 5.10. The van der Waals surface area contributed by atoms with Crippen LogP contribution >= 0.6 is 11.3 Å². The second kappa shape index (κ2) is 5.29. The van der Waals surface area contributed by atoms with E-state index < -0.39 is 0 Å². The van der Waals surface area contributed by atoms with Gasteiger partial charge in [-0.15, -0.1) is 0 Å². The minimum Gasteiger partial charge on any atom is -0.389 e. The Morgan fingerprint density at radius 2 is 2.33 bits per heavy atom. The number of anilines is 2. The standard InChI is InChI=1S/C9H16N4OS/c10-8-7-12-9(15-8)11-1-2-13-3-5-14-6-4-13/h7H,1-6,10H2,(H,11,12). The quantitative estimate of drug-likeness (QED) is 0.784. The molecule has 3 N–H and O–H groups in total. The van der Waals surface area contributed by atoms with Gasteiger partial charge in [0.1, 0.15) is 5.00 Å². The zero-order valence-corrected chi connectivity index (χ0v) is 9.42. The predicted octanol–water partition coefficient (Wildman–Crippen LogP) is 0.469. The molecule has 2 heterocycles. The van der Waals surface area contributed by atoms with Gasteiger partial charge in [0.05, 0.1) is 19.4 Å². The molecule has 1 saturated heterocycles. The molecule has 0 amide bonds. The molecule has 1 aliphatic rings. The lowest BCUT2D eigenvalue weighted by Gasteiger charge is -2.26. The second-order valence-corrected chi connectivity index (χ2v) is 4.51. The fourth-order valence-corrected chi connectivity index (χ4v) is 2.12. The SMILES string of the molecule is Nc1cnc(NCCN2CCOCC2)s1. The summed E-state index contributed by atoms with van der Waals surface area (Å²) in [6, 6.07) is 0. The van der Waals surface area contributed by atoms with Gasteiger partial charge >= 0.3 is 0 Å². The normalized spacial score (nSPS) is 17.9. The summed E-state index contributed by atoms with van der Waals surface area (Å²) < 4.78 is 5.28. The minimum atomic E-state index is 0.754. The van der Waals surface area contributed by atoms with Gasteiger partial charge in [-0.05, 0) is 0 Å². The number of rotatable bonds is 4. The molecule has 0 aliphatic carbocycles. The zero-order chi connectivity index (χ0) is 10.5. The Morgan fingerprint density at radius 3 is 3.00 bits per heavy atom. The summed E-state index contributed by atoms with van der Waals surface area (Å²) in [6.45, 7) is 5.70. The van der Waals surface area contributed by atoms with Crippen molar-refractivity contribution in [1.29, 1.82) is 0 Å². The molecule has 0 unspecified atom stereocenters. The van der Waals surface area contributed by atoms with Gasteiger partial charge in [0.15, 0.2) is 5.13 Å². The van der Waals surface area contributed by atoms with E-state index in [4.69, 9.17) is 10.5 Å². The van der Waals surface area contributed by atoms with Crippen molar-refractivity contribution in [1.82, 2.24) is 9.88 Å². The third-order valence-corrected chi connectivity index (χ3v) is 3.12. The van der Waals surface area contributed by atoms with Gasteiger partial charge in [-0.2, -0.15) is 0 Å². The van der Waals surface area contributed by atoms with Crippen molar-refractivity contribution in [3.05, 3.63) is 6.20 Å². The van der Waals surface area contributed by atoms with Crippen LogP contribution in [0.4, 0.5) is 10.1 Å². The number of nitrogens with two attached hydrogens (primary N) is 1. The molecule has 84 valence electrons. The van der Waals surface area contributed by atoms with E-state index in [2.05, 4.69) is 15.2 Å². The molecular formula is C9H16N4OS. The van der Waals surface area contributed by atoms with Crippen molar-refractivity contribution in [2.45, 2.75) is 0 Å². The number of morpholine rings is 1. The summed E-state index contributed by atoms with van der Waals surface area (Å²) in [7, 11) is 0. The molecule has 0 radical (unpaired) electrons. The first-order chi connectivity index (χ1) is 7.34. The lowest BCUT2D eigenvalue weighted by molar-refractivity contribution is 0.0398. The number of nitrogen functional groups attached to an aromatic ring is 1. The molecule has 15 heavy (non-hydrogen) atoms. The number of nitrogens with zero attached hydrogens (tertiary/aromatic N) is 2. The van der Waals surface area contributed by atoms with Crippen LogP contribution in [0, 0.1) is 0 Å². The molecule has 0 atom stereocenters. The number of hydrogen-bond donors (Lipinski definition) is 2. The Labute approximate surface area is 93.2 Å². The molecule has 1 aromatic rings. The molecule has 1 fully saturated rings. The summed E-state index contributed by atoms with van der Waals surface area (Å²) >= 11 is 1.49. The summed E-state index contributed by atoms with van der Waals surface area (Å²) in [5.41, 5.74) is 5.58. The van der Waals surface area contributed by atoms with Gasteiger partial charge in [0.2, 0.25) is 0 Å². The molecule has 0 saturated carbocycles. The first kappa shape index (κ1) is 10.7. The van der Waals surface area contributed by atoms with E-state index in [0.29, 0.717) is 0 Å².